The SMILES string of the molecule is CCCc1nn(C)c(Oc2ccc(C)nc2)c1N. The lowest BCUT2D eigenvalue weighted by Gasteiger charge is -2.06. The number of ether oxygens (including phenoxy) is 1. The third-order valence-electron chi connectivity index (χ3n) is 2.69. The lowest BCUT2D eigenvalue weighted by molar-refractivity contribution is 0.430. The molecule has 0 radical (unpaired) electrons. The second-order valence-electron chi connectivity index (χ2n) is 4.28. The number of anilines is 1. The molecule has 2 heterocycles. The summed E-state index contributed by atoms with van der Waals surface area (Å²) in [7, 11) is 1.83. The standard InChI is InChI=1S/C13H18N4O/c1-4-5-11-12(14)13(17(3)16-11)18-10-7-6-9(2)15-8-10/h6-8H,4-5,14H2,1-3H3. The van der Waals surface area contributed by atoms with Gasteiger partial charge >= 0.3 is 0 Å². The van der Waals surface area contributed by atoms with E-state index in [2.05, 4.69) is 17.0 Å². The zero-order valence-electron chi connectivity index (χ0n) is 11.0. The van der Waals surface area contributed by atoms with E-state index >= 15 is 0 Å². The fourth-order valence-electron chi connectivity index (χ4n) is 1.75. The minimum Gasteiger partial charge on any atom is -0.436 e. The molecule has 0 aliphatic carbocycles. The molecule has 2 aromatic heterocycles. The number of rotatable bonds is 4. The molecule has 0 bridgehead atoms. The number of nitrogen functional groups attached to an aromatic ring is 1. The van der Waals surface area contributed by atoms with Gasteiger partial charge in [-0.25, -0.2) is 4.68 Å². The van der Waals surface area contributed by atoms with Crippen LogP contribution in [-0.4, -0.2) is 14.8 Å². The Morgan fingerprint density at radius 1 is 1.39 bits per heavy atom. The molecule has 0 aliphatic heterocycles. The number of aromatic nitrogens is 3. The Morgan fingerprint density at radius 3 is 2.78 bits per heavy atom. The van der Waals surface area contributed by atoms with E-state index in [1.165, 1.54) is 0 Å². The highest BCUT2D eigenvalue weighted by molar-refractivity contribution is 5.54. The Morgan fingerprint density at radius 2 is 2.17 bits per heavy atom. The number of hydrogen-bond acceptors (Lipinski definition) is 4. The van der Waals surface area contributed by atoms with E-state index in [-0.39, 0.29) is 0 Å². The molecule has 0 saturated carbocycles. The molecule has 18 heavy (non-hydrogen) atoms. The zero-order chi connectivity index (χ0) is 13.1. The van der Waals surface area contributed by atoms with Crippen LogP contribution in [0.1, 0.15) is 24.7 Å². The molecular formula is C13H18N4O. The number of nitrogens with zero attached hydrogens (tertiary/aromatic N) is 3. The van der Waals surface area contributed by atoms with E-state index in [0.717, 1.165) is 24.2 Å². The summed E-state index contributed by atoms with van der Waals surface area (Å²) in [6.45, 7) is 4.03. The lowest BCUT2D eigenvalue weighted by Crippen LogP contribution is -1.97. The molecule has 5 heteroatoms. The summed E-state index contributed by atoms with van der Waals surface area (Å²) in [5.41, 5.74) is 8.49. The second kappa shape index (κ2) is 5.08. The summed E-state index contributed by atoms with van der Waals surface area (Å²) in [6, 6.07) is 3.77. The van der Waals surface area contributed by atoms with Crippen LogP contribution in [0.2, 0.25) is 0 Å². The molecule has 2 rings (SSSR count). The van der Waals surface area contributed by atoms with Crippen LogP contribution in [0.3, 0.4) is 0 Å². The van der Waals surface area contributed by atoms with Crippen LogP contribution in [0.25, 0.3) is 0 Å². The van der Waals surface area contributed by atoms with Crippen molar-refractivity contribution in [3.8, 4) is 11.6 Å². The van der Waals surface area contributed by atoms with Crippen molar-refractivity contribution in [3.63, 3.8) is 0 Å². The Bertz CT molecular complexity index is 531. The lowest BCUT2D eigenvalue weighted by atomic mass is 10.2. The molecule has 0 saturated heterocycles. The van der Waals surface area contributed by atoms with Crippen LogP contribution in [0.15, 0.2) is 18.3 Å². The maximum absolute atomic E-state index is 6.04. The van der Waals surface area contributed by atoms with Crippen LogP contribution in [0, 0.1) is 6.92 Å². The Kier molecular flexibility index (Phi) is 3.50. The molecule has 96 valence electrons. The molecule has 2 aromatic rings. The minimum atomic E-state index is 0.573. The van der Waals surface area contributed by atoms with E-state index in [1.54, 1.807) is 10.9 Å². The Balaban J connectivity index is 2.26. The minimum absolute atomic E-state index is 0.573. The van der Waals surface area contributed by atoms with E-state index < -0.39 is 0 Å². The largest absolute Gasteiger partial charge is 0.436 e. The van der Waals surface area contributed by atoms with Gasteiger partial charge in [0, 0.05) is 12.7 Å². The maximum atomic E-state index is 6.04. The van der Waals surface area contributed by atoms with Crippen molar-refractivity contribution >= 4 is 5.69 Å². The van der Waals surface area contributed by atoms with E-state index in [9.17, 15) is 0 Å². The number of hydrogen-bond donors (Lipinski definition) is 1. The molecule has 0 amide bonds. The number of aryl methyl sites for hydroxylation is 3. The van der Waals surface area contributed by atoms with Gasteiger partial charge < -0.3 is 10.5 Å². The van der Waals surface area contributed by atoms with Crippen LogP contribution in [-0.2, 0) is 13.5 Å². The van der Waals surface area contributed by atoms with Gasteiger partial charge in [-0.15, -0.1) is 0 Å². The van der Waals surface area contributed by atoms with Gasteiger partial charge in [0.25, 0.3) is 0 Å². The molecule has 0 aliphatic rings. The van der Waals surface area contributed by atoms with Gasteiger partial charge in [-0.3, -0.25) is 4.98 Å². The van der Waals surface area contributed by atoms with Gasteiger partial charge in [-0.1, -0.05) is 13.3 Å². The van der Waals surface area contributed by atoms with Crippen LogP contribution in [0.5, 0.6) is 11.6 Å². The zero-order valence-corrected chi connectivity index (χ0v) is 11.0. The Labute approximate surface area is 107 Å². The third kappa shape index (κ3) is 2.45. The van der Waals surface area contributed by atoms with Crippen molar-refractivity contribution in [1.82, 2.24) is 14.8 Å². The summed E-state index contributed by atoms with van der Waals surface area (Å²) >= 11 is 0. The predicted octanol–water partition coefficient (Wildman–Crippen LogP) is 2.45. The quantitative estimate of drug-likeness (QED) is 0.899. The molecular weight excluding hydrogens is 228 g/mol. The van der Waals surface area contributed by atoms with Gasteiger partial charge in [0.2, 0.25) is 5.88 Å². The highest BCUT2D eigenvalue weighted by atomic mass is 16.5. The molecule has 5 nitrogen and oxygen atoms in total. The summed E-state index contributed by atoms with van der Waals surface area (Å²) < 4.78 is 7.40. The maximum Gasteiger partial charge on any atom is 0.241 e. The summed E-state index contributed by atoms with van der Waals surface area (Å²) in [6.07, 6.45) is 3.54. The van der Waals surface area contributed by atoms with Crippen molar-refractivity contribution in [2.24, 2.45) is 7.05 Å². The van der Waals surface area contributed by atoms with Crippen molar-refractivity contribution < 1.29 is 4.74 Å². The van der Waals surface area contributed by atoms with Crippen molar-refractivity contribution in [1.29, 1.82) is 0 Å². The molecule has 0 spiro atoms. The topological polar surface area (TPSA) is 66.0 Å². The van der Waals surface area contributed by atoms with Crippen LogP contribution >= 0.6 is 0 Å². The molecule has 2 N–H and O–H groups in total. The second-order valence-corrected chi connectivity index (χ2v) is 4.28. The van der Waals surface area contributed by atoms with Crippen LogP contribution in [0.4, 0.5) is 5.69 Å². The van der Waals surface area contributed by atoms with E-state index in [0.29, 0.717) is 17.3 Å². The number of pyridine rings is 1. The van der Waals surface area contributed by atoms with E-state index in [4.69, 9.17) is 10.5 Å². The Hall–Kier alpha value is -2.04. The van der Waals surface area contributed by atoms with Gasteiger partial charge in [-0.2, -0.15) is 5.10 Å². The summed E-state index contributed by atoms with van der Waals surface area (Å²) in [5, 5.41) is 4.36. The first-order valence-electron chi connectivity index (χ1n) is 6.03. The van der Waals surface area contributed by atoms with Gasteiger partial charge in [0.15, 0.2) is 0 Å². The van der Waals surface area contributed by atoms with Crippen molar-refractivity contribution in [2.75, 3.05) is 5.73 Å². The van der Waals surface area contributed by atoms with E-state index in [1.807, 2.05) is 26.1 Å². The first kappa shape index (κ1) is 12.4. The fourth-order valence-corrected chi connectivity index (χ4v) is 1.75. The monoisotopic (exact) mass is 246 g/mol. The first-order chi connectivity index (χ1) is 8.61. The first-order valence-corrected chi connectivity index (χ1v) is 6.03. The smallest absolute Gasteiger partial charge is 0.241 e. The normalized spacial score (nSPS) is 10.6. The fraction of sp³-hybridized carbons (Fsp3) is 0.385. The molecule has 0 atom stereocenters. The molecule has 0 unspecified atom stereocenters. The van der Waals surface area contributed by atoms with Gasteiger partial charge in [0.05, 0.1) is 11.9 Å². The van der Waals surface area contributed by atoms with Crippen molar-refractivity contribution in [2.45, 2.75) is 26.7 Å². The average molecular weight is 246 g/mol. The van der Waals surface area contributed by atoms with Gasteiger partial charge in [0.1, 0.15) is 11.4 Å². The summed E-state index contributed by atoms with van der Waals surface area (Å²) in [4.78, 5) is 4.18. The average Bonchev–Trinajstić information content (AvgIpc) is 2.60. The van der Waals surface area contributed by atoms with Gasteiger partial charge in [-0.05, 0) is 25.5 Å². The summed E-state index contributed by atoms with van der Waals surface area (Å²) in [5.74, 6) is 1.24. The molecule has 0 aromatic carbocycles. The molecule has 0 fully saturated rings. The number of nitrogens with two attached hydrogens (primary N) is 1. The highest BCUT2D eigenvalue weighted by Crippen LogP contribution is 2.29. The highest BCUT2D eigenvalue weighted by Gasteiger charge is 2.14. The third-order valence-corrected chi connectivity index (χ3v) is 2.69. The van der Waals surface area contributed by atoms with Crippen molar-refractivity contribution in [3.05, 3.63) is 29.7 Å². The predicted molar refractivity (Wildman–Crippen MR) is 70.7 cm³/mol. The van der Waals surface area contributed by atoms with Crippen LogP contribution < -0.4 is 10.5 Å².